The third-order valence-electron chi connectivity index (χ3n) is 3.16. The minimum Gasteiger partial charge on any atom is -0.376 e. The molecule has 6 heteroatoms. The zero-order chi connectivity index (χ0) is 14.3. The van der Waals surface area contributed by atoms with E-state index in [2.05, 4.69) is 15.6 Å². The van der Waals surface area contributed by atoms with Gasteiger partial charge in [-0.15, -0.1) is 0 Å². The van der Waals surface area contributed by atoms with Crippen LogP contribution in [0.4, 0.5) is 0 Å². The Bertz CT molecular complexity index is 323. The molecule has 1 unspecified atom stereocenters. The highest BCUT2D eigenvalue weighted by atomic mass is 16.5. The molecule has 1 rings (SSSR count). The summed E-state index contributed by atoms with van der Waals surface area (Å²) in [6, 6.07) is 0. The van der Waals surface area contributed by atoms with Gasteiger partial charge in [0.2, 0.25) is 5.91 Å². The van der Waals surface area contributed by atoms with Crippen molar-refractivity contribution < 1.29 is 9.53 Å². The fraction of sp³-hybridized carbons (Fsp3) is 0.846. The van der Waals surface area contributed by atoms with Gasteiger partial charge in [0.05, 0.1) is 18.1 Å². The highest BCUT2D eigenvalue weighted by Gasteiger charge is 2.24. The van der Waals surface area contributed by atoms with Crippen molar-refractivity contribution in [2.45, 2.75) is 39.7 Å². The van der Waals surface area contributed by atoms with Crippen LogP contribution in [0.3, 0.4) is 0 Å². The van der Waals surface area contributed by atoms with Crippen molar-refractivity contribution >= 4 is 11.9 Å². The Morgan fingerprint density at radius 3 is 2.74 bits per heavy atom. The number of guanidine groups is 1. The molecule has 110 valence electrons. The van der Waals surface area contributed by atoms with Crippen molar-refractivity contribution in [3.8, 4) is 0 Å². The lowest BCUT2D eigenvalue weighted by atomic mass is 9.93. The van der Waals surface area contributed by atoms with E-state index in [4.69, 9.17) is 10.5 Å². The second kappa shape index (κ2) is 7.33. The number of ether oxygens (including phenoxy) is 1. The molecule has 1 atom stereocenters. The number of rotatable bonds is 6. The van der Waals surface area contributed by atoms with E-state index in [0.717, 1.165) is 32.5 Å². The predicted octanol–water partition coefficient (Wildman–Crippen LogP) is 0.232. The quantitative estimate of drug-likeness (QED) is 0.476. The molecule has 0 radical (unpaired) electrons. The maximum absolute atomic E-state index is 11.3. The third kappa shape index (κ3) is 5.46. The number of carbonyl (C=O) groups excluding carboxylic acids is 1. The Labute approximate surface area is 115 Å². The molecule has 0 saturated carbocycles. The summed E-state index contributed by atoms with van der Waals surface area (Å²) < 4.78 is 5.55. The van der Waals surface area contributed by atoms with Gasteiger partial charge in [-0.05, 0) is 33.6 Å². The van der Waals surface area contributed by atoms with E-state index in [0.29, 0.717) is 12.5 Å². The lowest BCUT2D eigenvalue weighted by Gasteiger charge is -2.19. The monoisotopic (exact) mass is 270 g/mol. The fourth-order valence-electron chi connectivity index (χ4n) is 1.71. The van der Waals surface area contributed by atoms with E-state index in [1.54, 1.807) is 13.8 Å². The van der Waals surface area contributed by atoms with Crippen LogP contribution in [-0.2, 0) is 9.53 Å². The zero-order valence-corrected chi connectivity index (χ0v) is 12.2. The van der Waals surface area contributed by atoms with E-state index in [1.165, 1.54) is 0 Å². The Balaban J connectivity index is 2.47. The Morgan fingerprint density at radius 1 is 1.47 bits per heavy atom. The molecule has 6 nitrogen and oxygen atoms in total. The average Bonchev–Trinajstić information content (AvgIpc) is 2.85. The minimum atomic E-state index is -0.633. The van der Waals surface area contributed by atoms with Crippen LogP contribution in [0.15, 0.2) is 4.99 Å². The first kappa shape index (κ1) is 15.8. The van der Waals surface area contributed by atoms with Crippen molar-refractivity contribution in [2.75, 3.05) is 26.2 Å². The lowest BCUT2D eigenvalue weighted by Crippen LogP contribution is -2.42. The largest absolute Gasteiger partial charge is 0.376 e. The van der Waals surface area contributed by atoms with Gasteiger partial charge in [0.25, 0.3) is 0 Å². The standard InChI is InChI=1S/C13H26N4O2/c1-4-15-12(16-8-10-6-5-7-19-10)17-9-13(2,3)11(14)18/h10H,4-9H2,1-3H3,(H2,14,18)(H2,15,16,17). The molecule has 1 heterocycles. The first-order chi connectivity index (χ1) is 8.95. The van der Waals surface area contributed by atoms with Crippen LogP contribution in [0, 0.1) is 5.41 Å². The summed E-state index contributed by atoms with van der Waals surface area (Å²) in [7, 11) is 0. The first-order valence-corrected chi connectivity index (χ1v) is 6.89. The number of primary amides is 1. The Morgan fingerprint density at radius 2 is 2.21 bits per heavy atom. The van der Waals surface area contributed by atoms with Gasteiger partial charge < -0.3 is 21.1 Å². The van der Waals surface area contributed by atoms with Gasteiger partial charge in [-0.1, -0.05) is 0 Å². The van der Waals surface area contributed by atoms with Crippen LogP contribution in [0.1, 0.15) is 33.6 Å². The second-order valence-electron chi connectivity index (χ2n) is 5.46. The van der Waals surface area contributed by atoms with E-state index in [9.17, 15) is 4.79 Å². The van der Waals surface area contributed by atoms with Crippen molar-refractivity contribution in [1.29, 1.82) is 0 Å². The molecular formula is C13H26N4O2. The summed E-state index contributed by atoms with van der Waals surface area (Å²) in [5.41, 5.74) is 4.70. The molecule has 1 aliphatic heterocycles. The second-order valence-corrected chi connectivity index (χ2v) is 5.46. The maximum Gasteiger partial charge on any atom is 0.224 e. The number of nitrogens with one attached hydrogen (secondary N) is 2. The number of carbonyl (C=O) groups is 1. The minimum absolute atomic E-state index is 0.257. The van der Waals surface area contributed by atoms with Crippen molar-refractivity contribution in [2.24, 2.45) is 16.1 Å². The molecule has 19 heavy (non-hydrogen) atoms. The highest BCUT2D eigenvalue weighted by Crippen LogP contribution is 2.14. The number of amides is 1. The van der Waals surface area contributed by atoms with Crippen molar-refractivity contribution in [3.05, 3.63) is 0 Å². The van der Waals surface area contributed by atoms with Crippen molar-refractivity contribution in [1.82, 2.24) is 10.6 Å². The molecule has 4 N–H and O–H groups in total. The van der Waals surface area contributed by atoms with Gasteiger partial charge >= 0.3 is 0 Å². The maximum atomic E-state index is 11.3. The van der Waals surface area contributed by atoms with E-state index < -0.39 is 5.41 Å². The molecule has 1 aliphatic rings. The molecule has 1 fully saturated rings. The zero-order valence-electron chi connectivity index (χ0n) is 12.2. The van der Waals surface area contributed by atoms with Crippen molar-refractivity contribution in [3.63, 3.8) is 0 Å². The van der Waals surface area contributed by atoms with E-state index in [1.807, 2.05) is 6.92 Å². The van der Waals surface area contributed by atoms with Crippen LogP contribution in [-0.4, -0.2) is 44.2 Å². The molecule has 1 saturated heterocycles. The van der Waals surface area contributed by atoms with Gasteiger partial charge in [-0.2, -0.15) is 0 Å². The van der Waals surface area contributed by atoms with Gasteiger partial charge in [0.1, 0.15) is 0 Å². The Hall–Kier alpha value is -1.30. The first-order valence-electron chi connectivity index (χ1n) is 6.89. The summed E-state index contributed by atoms with van der Waals surface area (Å²) in [5, 5.41) is 6.39. The van der Waals surface area contributed by atoms with Crippen LogP contribution >= 0.6 is 0 Å². The van der Waals surface area contributed by atoms with Crippen LogP contribution < -0.4 is 16.4 Å². The SMILES string of the molecule is CCNC(=NCC(C)(C)C(N)=O)NCC1CCCO1. The lowest BCUT2D eigenvalue weighted by molar-refractivity contribution is -0.125. The molecule has 0 aromatic rings. The molecule has 1 amide bonds. The summed E-state index contributed by atoms with van der Waals surface area (Å²) in [6.45, 7) is 8.31. The van der Waals surface area contributed by atoms with Gasteiger partial charge in [-0.3, -0.25) is 9.79 Å². The summed E-state index contributed by atoms with van der Waals surface area (Å²) in [4.78, 5) is 15.7. The molecule has 0 bridgehead atoms. The smallest absolute Gasteiger partial charge is 0.224 e. The topological polar surface area (TPSA) is 88.7 Å². The number of nitrogens with zero attached hydrogens (tertiary/aromatic N) is 1. The molecule has 0 spiro atoms. The highest BCUT2D eigenvalue weighted by molar-refractivity contribution is 5.82. The Kier molecular flexibility index (Phi) is 6.08. The van der Waals surface area contributed by atoms with E-state index in [-0.39, 0.29) is 12.0 Å². The molecule has 0 aliphatic carbocycles. The molecular weight excluding hydrogens is 244 g/mol. The van der Waals surface area contributed by atoms with Crippen LogP contribution in [0.5, 0.6) is 0 Å². The average molecular weight is 270 g/mol. The summed E-state index contributed by atoms with van der Waals surface area (Å²) in [6.07, 6.45) is 2.46. The van der Waals surface area contributed by atoms with Gasteiger partial charge in [0.15, 0.2) is 5.96 Å². The van der Waals surface area contributed by atoms with Crippen LogP contribution in [0.2, 0.25) is 0 Å². The number of nitrogens with two attached hydrogens (primary N) is 1. The fourth-order valence-corrected chi connectivity index (χ4v) is 1.71. The predicted molar refractivity (Wildman–Crippen MR) is 75.9 cm³/mol. The van der Waals surface area contributed by atoms with Gasteiger partial charge in [-0.25, -0.2) is 0 Å². The third-order valence-corrected chi connectivity index (χ3v) is 3.16. The number of hydrogen-bond donors (Lipinski definition) is 3. The summed E-state index contributed by atoms with van der Waals surface area (Å²) in [5.74, 6) is 0.360. The molecule has 0 aromatic carbocycles. The van der Waals surface area contributed by atoms with Crippen LogP contribution in [0.25, 0.3) is 0 Å². The number of aliphatic imine (C=N–C) groups is 1. The summed E-state index contributed by atoms with van der Waals surface area (Å²) >= 11 is 0. The van der Waals surface area contributed by atoms with Gasteiger partial charge in [0, 0.05) is 19.7 Å². The molecule has 0 aromatic heterocycles. The number of hydrogen-bond acceptors (Lipinski definition) is 3. The van der Waals surface area contributed by atoms with E-state index >= 15 is 0 Å². The normalized spacial score (nSPS) is 20.4.